The SMILES string of the molecule is Cc1ccc2cc(CN3NNc4ccc(-c5ccc(C(=O)NOCCO)c(Cl)c5)nc43)ccc2n1. The molecule has 0 saturated heterocycles. The smallest absolute Gasteiger partial charge is 0.276 e. The molecule has 1 aliphatic rings. The number of rotatable bonds is 7. The molecule has 0 radical (unpaired) electrons. The molecule has 178 valence electrons. The topological polar surface area (TPSA) is 112 Å². The second-order valence-corrected chi connectivity index (χ2v) is 8.48. The molecular weight excluding hydrogens is 468 g/mol. The van der Waals surface area contributed by atoms with Gasteiger partial charge in [-0.05, 0) is 55.0 Å². The number of fused-ring (bicyclic) bond motifs is 2. The number of hydrazine groups is 2. The Hall–Kier alpha value is -3.76. The zero-order valence-corrected chi connectivity index (χ0v) is 19.6. The molecule has 1 amide bonds. The Morgan fingerprint density at radius 1 is 1.11 bits per heavy atom. The van der Waals surface area contributed by atoms with Crippen molar-refractivity contribution in [2.24, 2.45) is 0 Å². The first-order valence-electron chi connectivity index (χ1n) is 11.0. The van der Waals surface area contributed by atoms with Crippen LogP contribution in [0, 0.1) is 6.92 Å². The average molecular weight is 491 g/mol. The van der Waals surface area contributed by atoms with E-state index in [0.717, 1.165) is 39.2 Å². The summed E-state index contributed by atoms with van der Waals surface area (Å²) in [6, 6.07) is 19.2. The number of nitrogens with one attached hydrogen (secondary N) is 3. The molecule has 0 bridgehead atoms. The summed E-state index contributed by atoms with van der Waals surface area (Å²) in [4.78, 5) is 26.5. The number of hydrogen-bond acceptors (Lipinski definition) is 8. The number of aliphatic hydroxyl groups excluding tert-OH is 1. The third-order valence-electron chi connectivity index (χ3n) is 5.56. The Labute approximate surface area is 206 Å². The Bertz CT molecular complexity index is 1410. The van der Waals surface area contributed by atoms with Crippen LogP contribution in [0.3, 0.4) is 0 Å². The molecular formula is C25H23ClN6O3. The highest BCUT2D eigenvalue weighted by Crippen LogP contribution is 2.32. The summed E-state index contributed by atoms with van der Waals surface area (Å²) < 4.78 is 0. The highest BCUT2D eigenvalue weighted by Gasteiger charge is 2.22. The van der Waals surface area contributed by atoms with Crippen LogP contribution in [0.15, 0.2) is 60.7 Å². The van der Waals surface area contributed by atoms with Crippen LogP contribution < -0.4 is 21.4 Å². The van der Waals surface area contributed by atoms with Gasteiger partial charge in [-0.25, -0.2) is 10.5 Å². The lowest BCUT2D eigenvalue weighted by Gasteiger charge is -2.18. The molecule has 0 atom stereocenters. The summed E-state index contributed by atoms with van der Waals surface area (Å²) in [6.07, 6.45) is 0. The predicted molar refractivity (Wildman–Crippen MR) is 135 cm³/mol. The number of pyridine rings is 2. The van der Waals surface area contributed by atoms with E-state index in [1.165, 1.54) is 0 Å². The molecule has 0 fully saturated rings. The van der Waals surface area contributed by atoms with Crippen molar-refractivity contribution in [2.45, 2.75) is 13.5 Å². The minimum atomic E-state index is -0.489. The highest BCUT2D eigenvalue weighted by molar-refractivity contribution is 6.34. The number of carbonyl (C=O) groups is 1. The van der Waals surface area contributed by atoms with Gasteiger partial charge in [-0.3, -0.25) is 19.6 Å². The zero-order valence-electron chi connectivity index (χ0n) is 18.9. The summed E-state index contributed by atoms with van der Waals surface area (Å²) in [6.45, 7) is 2.37. The number of benzene rings is 2. The maximum absolute atomic E-state index is 12.2. The van der Waals surface area contributed by atoms with Crippen LogP contribution >= 0.6 is 11.6 Å². The Morgan fingerprint density at radius 3 is 2.83 bits per heavy atom. The summed E-state index contributed by atoms with van der Waals surface area (Å²) in [5, 5.41) is 12.0. The van der Waals surface area contributed by atoms with Crippen LogP contribution in [0.2, 0.25) is 5.02 Å². The van der Waals surface area contributed by atoms with E-state index in [2.05, 4.69) is 39.6 Å². The van der Waals surface area contributed by atoms with Crippen molar-refractivity contribution >= 4 is 39.9 Å². The molecule has 0 saturated carbocycles. The van der Waals surface area contributed by atoms with Gasteiger partial charge in [0.25, 0.3) is 5.91 Å². The van der Waals surface area contributed by atoms with Gasteiger partial charge in [0, 0.05) is 16.6 Å². The number of amides is 1. The first kappa shape index (κ1) is 23.0. The number of aryl methyl sites for hydroxylation is 1. The molecule has 0 unspecified atom stereocenters. The second-order valence-electron chi connectivity index (χ2n) is 8.07. The molecule has 10 heteroatoms. The monoisotopic (exact) mass is 490 g/mol. The van der Waals surface area contributed by atoms with Gasteiger partial charge in [0.15, 0.2) is 5.82 Å². The van der Waals surface area contributed by atoms with E-state index in [4.69, 9.17) is 26.5 Å². The lowest BCUT2D eigenvalue weighted by Crippen LogP contribution is -2.35. The summed E-state index contributed by atoms with van der Waals surface area (Å²) in [5.74, 6) is 0.261. The van der Waals surface area contributed by atoms with Gasteiger partial charge in [-0.15, -0.1) is 5.53 Å². The number of hydrogen-bond donors (Lipinski definition) is 4. The van der Waals surface area contributed by atoms with Crippen molar-refractivity contribution in [1.29, 1.82) is 0 Å². The maximum atomic E-state index is 12.2. The first-order valence-corrected chi connectivity index (χ1v) is 11.4. The van der Waals surface area contributed by atoms with Gasteiger partial charge in [-0.1, -0.05) is 29.8 Å². The number of aliphatic hydroxyl groups is 1. The van der Waals surface area contributed by atoms with Crippen molar-refractivity contribution in [2.75, 3.05) is 23.6 Å². The standard InChI is InChI=1S/C25H23ClN6O3/c1-15-2-4-17-12-16(3-7-21(17)27-15)14-32-24-23(29-31-32)9-8-22(28-24)18-5-6-19(20(26)13-18)25(34)30-35-11-10-33/h2-9,12-13,29,31,33H,10-11,14H2,1H3,(H,30,34). The van der Waals surface area contributed by atoms with Crippen molar-refractivity contribution in [3.63, 3.8) is 0 Å². The van der Waals surface area contributed by atoms with Crippen LogP contribution in [-0.4, -0.2) is 34.2 Å². The quantitative estimate of drug-likeness (QED) is 0.229. The van der Waals surface area contributed by atoms with E-state index in [-0.39, 0.29) is 23.8 Å². The lowest BCUT2D eigenvalue weighted by atomic mass is 10.1. The molecule has 4 N–H and O–H groups in total. The summed E-state index contributed by atoms with van der Waals surface area (Å²) in [7, 11) is 0. The summed E-state index contributed by atoms with van der Waals surface area (Å²) in [5.41, 5.74) is 14.2. The lowest BCUT2D eigenvalue weighted by molar-refractivity contribution is 0.0168. The van der Waals surface area contributed by atoms with Crippen molar-refractivity contribution < 1.29 is 14.7 Å². The van der Waals surface area contributed by atoms with Crippen molar-refractivity contribution in [3.8, 4) is 11.3 Å². The molecule has 0 spiro atoms. The Kier molecular flexibility index (Phi) is 6.47. The fourth-order valence-corrected chi connectivity index (χ4v) is 4.11. The number of halogens is 1. The molecule has 2 aromatic carbocycles. The molecule has 5 rings (SSSR count). The van der Waals surface area contributed by atoms with Crippen LogP contribution in [0.25, 0.3) is 22.2 Å². The van der Waals surface area contributed by atoms with Crippen LogP contribution in [-0.2, 0) is 11.4 Å². The van der Waals surface area contributed by atoms with E-state index < -0.39 is 5.91 Å². The van der Waals surface area contributed by atoms with Crippen molar-refractivity contribution in [3.05, 3.63) is 82.5 Å². The number of nitrogens with zero attached hydrogens (tertiary/aromatic N) is 3. The molecule has 0 aliphatic carbocycles. The Balaban J connectivity index is 1.36. The molecule has 4 aromatic rings. The van der Waals surface area contributed by atoms with E-state index >= 15 is 0 Å². The van der Waals surface area contributed by atoms with Gasteiger partial charge in [0.1, 0.15) is 0 Å². The third kappa shape index (κ3) is 4.89. The van der Waals surface area contributed by atoms with Crippen molar-refractivity contribution in [1.82, 2.24) is 21.0 Å². The van der Waals surface area contributed by atoms with Gasteiger partial charge < -0.3 is 10.5 Å². The number of anilines is 2. The van der Waals surface area contributed by atoms with Gasteiger partial charge >= 0.3 is 0 Å². The number of hydroxylamine groups is 1. The fraction of sp³-hybridized carbons (Fsp3) is 0.160. The largest absolute Gasteiger partial charge is 0.394 e. The van der Waals surface area contributed by atoms with E-state index in [1.807, 2.05) is 36.2 Å². The van der Waals surface area contributed by atoms with E-state index in [9.17, 15) is 4.79 Å². The summed E-state index contributed by atoms with van der Waals surface area (Å²) >= 11 is 6.36. The first-order chi connectivity index (χ1) is 17.0. The van der Waals surface area contributed by atoms with E-state index in [1.54, 1.807) is 18.2 Å². The maximum Gasteiger partial charge on any atom is 0.276 e. The molecule has 3 heterocycles. The van der Waals surface area contributed by atoms with Gasteiger partial charge in [-0.2, -0.15) is 0 Å². The highest BCUT2D eigenvalue weighted by atomic mass is 35.5. The molecule has 9 nitrogen and oxygen atoms in total. The van der Waals surface area contributed by atoms with E-state index in [0.29, 0.717) is 12.2 Å². The number of carbonyl (C=O) groups excluding carboxylic acids is 1. The number of aromatic nitrogens is 2. The molecule has 2 aromatic heterocycles. The minimum Gasteiger partial charge on any atom is -0.394 e. The fourth-order valence-electron chi connectivity index (χ4n) is 3.84. The van der Waals surface area contributed by atoms with Gasteiger partial charge in [0.2, 0.25) is 0 Å². The van der Waals surface area contributed by atoms with Crippen LogP contribution in [0.5, 0.6) is 0 Å². The Morgan fingerprint density at radius 2 is 2.00 bits per heavy atom. The molecule has 1 aliphatic heterocycles. The average Bonchev–Trinajstić information content (AvgIpc) is 3.26. The normalized spacial score (nSPS) is 12.5. The second kappa shape index (κ2) is 9.85. The third-order valence-corrected chi connectivity index (χ3v) is 5.87. The molecule has 35 heavy (non-hydrogen) atoms. The van der Waals surface area contributed by atoms with Crippen LogP contribution in [0.4, 0.5) is 11.5 Å². The minimum absolute atomic E-state index is 0.00513. The zero-order chi connectivity index (χ0) is 24.4. The van der Waals surface area contributed by atoms with Gasteiger partial charge in [0.05, 0.1) is 47.2 Å². The predicted octanol–water partition coefficient (Wildman–Crippen LogP) is 3.76. The van der Waals surface area contributed by atoms with Crippen LogP contribution in [0.1, 0.15) is 21.6 Å².